The molecule has 4 nitrogen and oxygen atoms in total. The second-order valence-corrected chi connectivity index (χ2v) is 9.64. The summed E-state index contributed by atoms with van der Waals surface area (Å²) in [6.07, 6.45) is -13.4. The zero-order valence-corrected chi connectivity index (χ0v) is 22.4. The highest BCUT2D eigenvalue weighted by Gasteiger charge is 2.40. The molecule has 2 amide bonds. The lowest BCUT2D eigenvalue weighted by atomic mass is 9.95. The van der Waals surface area contributed by atoms with Crippen molar-refractivity contribution in [3.8, 4) is 0 Å². The van der Waals surface area contributed by atoms with Gasteiger partial charge in [0.15, 0.2) is 5.78 Å². The summed E-state index contributed by atoms with van der Waals surface area (Å²) in [5.41, 5.74) is -3.18. The van der Waals surface area contributed by atoms with Crippen LogP contribution in [-0.2, 0) is 6.18 Å². The van der Waals surface area contributed by atoms with Crippen LogP contribution in [0.4, 0.5) is 44.3 Å². The van der Waals surface area contributed by atoms with Crippen molar-refractivity contribution in [2.75, 3.05) is 20.1 Å². The number of carbonyl (C=O) groups is 2. The fraction of sp³-hybridized carbons (Fsp3) is 0.304. The van der Waals surface area contributed by atoms with Gasteiger partial charge in [-0.05, 0) is 45.3 Å². The van der Waals surface area contributed by atoms with Crippen LogP contribution in [0.1, 0.15) is 33.0 Å². The van der Waals surface area contributed by atoms with E-state index < -0.39 is 60.5 Å². The minimum atomic E-state index is -5.14. The number of nitrogens with one attached hydrogen (secondary N) is 1. The van der Waals surface area contributed by atoms with E-state index >= 15 is 0 Å². The summed E-state index contributed by atoms with van der Waals surface area (Å²) in [6.45, 7) is -2.74. The first-order chi connectivity index (χ1) is 17.7. The number of likely N-dealkylation sites (N-methyl/N-ethyl adjacent to an activating group) is 1. The third kappa shape index (κ3) is 9.31. The molecule has 0 fully saturated rings. The van der Waals surface area contributed by atoms with Gasteiger partial charge in [0.25, 0.3) is 0 Å². The van der Waals surface area contributed by atoms with Crippen molar-refractivity contribution in [1.29, 1.82) is 0 Å². The Bertz CT molecular complexity index is 1240. The van der Waals surface area contributed by atoms with Gasteiger partial charge in [-0.25, -0.2) is 4.79 Å². The number of hydrogen-bond acceptors (Lipinski definition) is 2. The summed E-state index contributed by atoms with van der Waals surface area (Å²) in [6, 6.07) is 2.69. The number of nitrogens with zero attached hydrogens (tertiary/aromatic N) is 1. The van der Waals surface area contributed by atoms with Gasteiger partial charge in [0.1, 0.15) is 6.54 Å². The van der Waals surface area contributed by atoms with Gasteiger partial charge in [-0.2, -0.15) is 39.5 Å². The molecule has 0 aromatic heterocycles. The molecular weight excluding hydrogens is 658 g/mol. The summed E-state index contributed by atoms with van der Waals surface area (Å²) < 4.78 is 119. The van der Waals surface area contributed by atoms with Crippen LogP contribution in [0.15, 0.2) is 40.9 Å². The number of urea groups is 1. The first-order valence-electron chi connectivity index (χ1n) is 10.4. The van der Waals surface area contributed by atoms with Crippen molar-refractivity contribution < 1.29 is 49.1 Å². The van der Waals surface area contributed by atoms with Crippen LogP contribution in [0.2, 0.25) is 10.0 Å². The van der Waals surface area contributed by atoms with E-state index in [0.717, 1.165) is 31.3 Å². The first-order valence-corrected chi connectivity index (χ1v) is 11.9. The highest BCUT2D eigenvalue weighted by atomic mass is 79.9. The van der Waals surface area contributed by atoms with Gasteiger partial charge in [-0.15, -0.1) is 0 Å². The second kappa shape index (κ2) is 12.4. The molecule has 1 atom stereocenters. The number of alkyl halides is 9. The summed E-state index contributed by atoms with van der Waals surface area (Å²) >= 11 is 14.8. The summed E-state index contributed by atoms with van der Waals surface area (Å²) in [7, 11) is 0.895. The Hall–Kier alpha value is -2.45. The Kier molecular flexibility index (Phi) is 10.4. The maximum atomic E-state index is 13.7. The highest BCUT2D eigenvalue weighted by Crippen LogP contribution is 2.41. The van der Waals surface area contributed by atoms with Crippen LogP contribution in [0, 0.1) is 0 Å². The van der Waals surface area contributed by atoms with Crippen molar-refractivity contribution in [3.63, 3.8) is 0 Å². The fourth-order valence-corrected chi connectivity index (χ4v) is 3.93. The molecule has 0 aliphatic heterocycles. The number of Topliss-reactive ketones (excluding diaryl/α,β-unsaturated/α-hetero) is 1. The molecule has 2 rings (SSSR count). The van der Waals surface area contributed by atoms with E-state index in [2.05, 4.69) is 15.9 Å². The summed E-state index contributed by atoms with van der Waals surface area (Å²) in [5.74, 6) is -3.57. The molecule has 0 heterocycles. The summed E-state index contributed by atoms with van der Waals surface area (Å²) in [4.78, 5) is 24.6. The maximum Gasteiger partial charge on any atom is 0.417 e. The maximum absolute atomic E-state index is 13.7. The number of allylic oxidation sites excluding steroid dienone is 1. The Morgan fingerprint density at radius 2 is 1.56 bits per heavy atom. The molecule has 0 aliphatic carbocycles. The van der Waals surface area contributed by atoms with Gasteiger partial charge in [0, 0.05) is 12.6 Å². The van der Waals surface area contributed by atoms with Gasteiger partial charge < -0.3 is 10.2 Å². The van der Waals surface area contributed by atoms with Gasteiger partial charge in [-0.3, -0.25) is 4.79 Å². The molecule has 1 unspecified atom stereocenters. The minimum Gasteiger partial charge on any atom is -0.329 e. The number of halogens is 12. The Balaban J connectivity index is 2.37. The largest absolute Gasteiger partial charge is 0.417 e. The molecular formula is C23H16BrCl2F9N2O2. The van der Waals surface area contributed by atoms with E-state index in [9.17, 15) is 49.1 Å². The van der Waals surface area contributed by atoms with Crippen molar-refractivity contribution in [3.05, 3.63) is 73.2 Å². The predicted octanol–water partition coefficient (Wildman–Crippen LogP) is 8.52. The second-order valence-electron chi connectivity index (χ2n) is 8.03. The van der Waals surface area contributed by atoms with Crippen LogP contribution >= 0.6 is 39.1 Å². The van der Waals surface area contributed by atoms with Crippen molar-refractivity contribution >= 4 is 57.0 Å². The minimum absolute atomic E-state index is 0.126. The quantitative estimate of drug-likeness (QED) is 0.182. The van der Waals surface area contributed by atoms with E-state index in [1.54, 1.807) is 0 Å². The standard InChI is InChI=1S/C23H16BrCl2F9N2O2/c1-37(20(39)36-10-21(27,28)29)9-18(38)13-4-2-11(6-15(13)23(33,34)35)3-5-14(22(30,31)32)12-7-16(25)19(24)17(26)8-12/h2-8,14H,9-10H2,1H3,(H,36,39)/b5-3+. The van der Waals surface area contributed by atoms with Crippen LogP contribution in [0.25, 0.3) is 6.08 Å². The molecule has 0 radical (unpaired) electrons. The number of hydrogen-bond donors (Lipinski definition) is 1. The number of rotatable bonds is 7. The van der Waals surface area contributed by atoms with E-state index in [-0.39, 0.29) is 25.6 Å². The monoisotopic (exact) mass is 672 g/mol. The molecule has 16 heteroatoms. The first kappa shape index (κ1) is 32.8. The zero-order valence-electron chi connectivity index (χ0n) is 19.3. The molecule has 0 saturated heterocycles. The number of benzene rings is 2. The molecule has 0 spiro atoms. The Morgan fingerprint density at radius 1 is 1.00 bits per heavy atom. The molecule has 1 N–H and O–H groups in total. The molecule has 0 aliphatic rings. The van der Waals surface area contributed by atoms with Crippen LogP contribution < -0.4 is 5.32 Å². The smallest absolute Gasteiger partial charge is 0.329 e. The third-order valence-electron chi connectivity index (χ3n) is 5.02. The van der Waals surface area contributed by atoms with Gasteiger partial charge in [0.05, 0.1) is 32.5 Å². The average molecular weight is 674 g/mol. The van der Waals surface area contributed by atoms with Crippen molar-refractivity contribution in [2.24, 2.45) is 0 Å². The number of amides is 2. The lowest BCUT2D eigenvalue weighted by molar-refractivity contribution is -0.139. The van der Waals surface area contributed by atoms with Crippen molar-refractivity contribution in [2.45, 2.75) is 24.4 Å². The van der Waals surface area contributed by atoms with Crippen molar-refractivity contribution in [1.82, 2.24) is 10.2 Å². The topological polar surface area (TPSA) is 49.4 Å². The van der Waals surface area contributed by atoms with Gasteiger partial charge >= 0.3 is 24.6 Å². The number of carbonyl (C=O) groups excluding carboxylic acids is 2. The molecule has 2 aromatic rings. The summed E-state index contributed by atoms with van der Waals surface area (Å²) in [5, 5.41) is 1.21. The normalized spacial score (nSPS) is 13.5. The lowest BCUT2D eigenvalue weighted by Crippen LogP contribution is -2.43. The zero-order chi connectivity index (χ0) is 29.9. The fourth-order valence-electron chi connectivity index (χ4n) is 3.20. The van der Waals surface area contributed by atoms with E-state index in [4.69, 9.17) is 23.2 Å². The molecule has 2 aromatic carbocycles. The average Bonchev–Trinajstić information content (AvgIpc) is 2.78. The molecule has 214 valence electrons. The third-order valence-corrected chi connectivity index (χ3v) is 6.92. The van der Waals surface area contributed by atoms with Crippen LogP contribution in [0.3, 0.4) is 0 Å². The molecule has 0 saturated carbocycles. The van der Waals surface area contributed by atoms with E-state index in [1.807, 2.05) is 0 Å². The number of ketones is 1. The van der Waals surface area contributed by atoms with E-state index in [0.29, 0.717) is 23.1 Å². The van der Waals surface area contributed by atoms with E-state index in [1.165, 1.54) is 5.32 Å². The molecule has 39 heavy (non-hydrogen) atoms. The van der Waals surface area contributed by atoms with Crippen LogP contribution in [0.5, 0.6) is 0 Å². The predicted molar refractivity (Wildman–Crippen MR) is 130 cm³/mol. The SMILES string of the molecule is CN(CC(=O)c1ccc(/C=C/C(c2cc(Cl)c(Br)c(Cl)c2)C(F)(F)F)cc1C(F)(F)F)C(=O)NCC(F)(F)F. The highest BCUT2D eigenvalue weighted by molar-refractivity contribution is 9.10. The lowest BCUT2D eigenvalue weighted by Gasteiger charge is -2.20. The Labute approximate surface area is 233 Å². The van der Waals surface area contributed by atoms with Crippen LogP contribution in [-0.4, -0.2) is 49.2 Å². The molecule has 0 bridgehead atoms. The van der Waals surface area contributed by atoms with Gasteiger partial charge in [0.2, 0.25) is 0 Å². The van der Waals surface area contributed by atoms with Gasteiger partial charge in [-0.1, -0.05) is 47.5 Å². The Morgan fingerprint density at radius 3 is 2.05 bits per heavy atom.